The highest BCUT2D eigenvalue weighted by Gasteiger charge is 2.23. The molecule has 144 valence electrons. The molecule has 1 heterocycles. The molecular weight excluding hydrogens is 362 g/mol. The number of hydrogen-bond donors (Lipinski definition) is 2. The first-order valence-corrected chi connectivity index (χ1v) is 8.78. The highest BCUT2D eigenvalue weighted by Crippen LogP contribution is 2.28. The van der Waals surface area contributed by atoms with Gasteiger partial charge in [0.05, 0.1) is 5.92 Å². The highest BCUT2D eigenvalue weighted by atomic mass is 35.5. The Hall–Kier alpha value is -2.37. The van der Waals surface area contributed by atoms with Crippen molar-refractivity contribution in [3.05, 3.63) is 60.0 Å². The zero-order valence-corrected chi connectivity index (χ0v) is 16.8. The van der Waals surface area contributed by atoms with E-state index < -0.39 is 0 Å². The topological polar surface area (TPSA) is 81.2 Å². The number of nitrogens with zero attached hydrogens (tertiary/aromatic N) is 1. The number of aromatic nitrogens is 1. The molecule has 1 amide bonds. The van der Waals surface area contributed by atoms with E-state index >= 15 is 0 Å². The molecule has 2 aromatic carbocycles. The Morgan fingerprint density at radius 2 is 1.81 bits per heavy atom. The van der Waals surface area contributed by atoms with E-state index in [2.05, 4.69) is 10.3 Å². The average Bonchev–Trinajstić information content (AvgIpc) is 3.05. The molecule has 6 heteroatoms. The summed E-state index contributed by atoms with van der Waals surface area (Å²) in [4.78, 5) is 17.1. The number of carbonyl (C=O) groups excluding carboxylic acids is 1. The van der Waals surface area contributed by atoms with Crippen LogP contribution in [0.3, 0.4) is 0 Å². The van der Waals surface area contributed by atoms with Crippen molar-refractivity contribution >= 4 is 35.1 Å². The SMILES string of the molecule is CC(C(=O)Nc1ccc2oc(C(C)(C)C)nc2c1)C(N)c1ccccc1.Cl. The van der Waals surface area contributed by atoms with Crippen LogP contribution in [-0.2, 0) is 10.2 Å². The van der Waals surface area contributed by atoms with Crippen molar-refractivity contribution in [3.8, 4) is 0 Å². The first-order chi connectivity index (χ1) is 12.3. The van der Waals surface area contributed by atoms with E-state index in [-0.39, 0.29) is 35.7 Å². The standard InChI is InChI=1S/C21H25N3O2.ClH/c1-13(18(22)14-8-6-5-7-9-14)19(25)23-15-10-11-17-16(12-15)24-20(26-17)21(2,3)4;/h5-13,18H,22H2,1-4H3,(H,23,25);1H. The minimum Gasteiger partial charge on any atom is -0.440 e. The number of oxazole rings is 1. The number of halogens is 1. The fraction of sp³-hybridized carbons (Fsp3) is 0.333. The molecule has 0 aliphatic rings. The summed E-state index contributed by atoms with van der Waals surface area (Å²) >= 11 is 0. The smallest absolute Gasteiger partial charge is 0.229 e. The fourth-order valence-corrected chi connectivity index (χ4v) is 2.71. The second kappa shape index (κ2) is 8.11. The maximum absolute atomic E-state index is 12.6. The quantitative estimate of drug-likeness (QED) is 0.672. The maximum atomic E-state index is 12.6. The predicted octanol–water partition coefficient (Wildman–Crippen LogP) is 4.82. The third-order valence-electron chi connectivity index (χ3n) is 4.43. The van der Waals surface area contributed by atoms with Gasteiger partial charge in [0.2, 0.25) is 11.8 Å². The summed E-state index contributed by atoms with van der Waals surface area (Å²) in [5.74, 6) is 0.186. The van der Waals surface area contributed by atoms with E-state index in [0.717, 1.165) is 11.1 Å². The molecule has 0 radical (unpaired) electrons. The molecule has 1 aromatic heterocycles. The van der Waals surface area contributed by atoms with Gasteiger partial charge in [-0.1, -0.05) is 58.0 Å². The number of benzene rings is 2. The minimum atomic E-state index is -0.365. The molecule has 2 unspecified atom stereocenters. The van der Waals surface area contributed by atoms with Crippen LogP contribution in [-0.4, -0.2) is 10.9 Å². The summed E-state index contributed by atoms with van der Waals surface area (Å²) in [5.41, 5.74) is 9.14. The molecule has 2 atom stereocenters. The Labute approximate surface area is 165 Å². The van der Waals surface area contributed by atoms with Gasteiger partial charge in [0, 0.05) is 17.1 Å². The number of amides is 1. The van der Waals surface area contributed by atoms with E-state index in [1.807, 2.05) is 76.2 Å². The van der Waals surface area contributed by atoms with Crippen LogP contribution in [0.5, 0.6) is 0 Å². The fourth-order valence-electron chi connectivity index (χ4n) is 2.71. The lowest BCUT2D eigenvalue weighted by atomic mass is 9.94. The predicted molar refractivity (Wildman–Crippen MR) is 111 cm³/mol. The van der Waals surface area contributed by atoms with Crippen molar-refractivity contribution < 1.29 is 9.21 Å². The van der Waals surface area contributed by atoms with Crippen molar-refractivity contribution in [3.63, 3.8) is 0 Å². The van der Waals surface area contributed by atoms with Crippen LogP contribution in [0.25, 0.3) is 11.1 Å². The summed E-state index contributed by atoms with van der Waals surface area (Å²) < 4.78 is 5.79. The van der Waals surface area contributed by atoms with Crippen molar-refractivity contribution in [2.75, 3.05) is 5.32 Å². The Morgan fingerprint density at radius 3 is 2.44 bits per heavy atom. The van der Waals surface area contributed by atoms with E-state index in [1.165, 1.54) is 0 Å². The summed E-state index contributed by atoms with van der Waals surface area (Å²) in [7, 11) is 0. The Balaban J connectivity index is 0.00000261. The lowest BCUT2D eigenvalue weighted by molar-refractivity contribution is -0.120. The molecule has 0 aliphatic heterocycles. The van der Waals surface area contributed by atoms with Gasteiger partial charge >= 0.3 is 0 Å². The van der Waals surface area contributed by atoms with Crippen molar-refractivity contribution in [2.45, 2.75) is 39.2 Å². The molecule has 0 saturated carbocycles. The monoisotopic (exact) mass is 387 g/mol. The molecule has 0 spiro atoms. The Kier molecular flexibility index (Phi) is 6.29. The van der Waals surface area contributed by atoms with Crippen molar-refractivity contribution in [2.24, 2.45) is 11.7 Å². The number of nitrogens with one attached hydrogen (secondary N) is 1. The molecule has 27 heavy (non-hydrogen) atoms. The zero-order valence-electron chi connectivity index (χ0n) is 16.0. The van der Waals surface area contributed by atoms with Crippen LogP contribution in [0.4, 0.5) is 5.69 Å². The number of nitrogens with two attached hydrogens (primary N) is 1. The van der Waals surface area contributed by atoms with Gasteiger partial charge in [-0.3, -0.25) is 4.79 Å². The van der Waals surface area contributed by atoms with Gasteiger partial charge in [-0.2, -0.15) is 0 Å². The molecule has 3 aromatic rings. The molecule has 0 bridgehead atoms. The van der Waals surface area contributed by atoms with Crippen LogP contribution in [0.15, 0.2) is 52.9 Å². The largest absolute Gasteiger partial charge is 0.440 e. The van der Waals surface area contributed by atoms with Gasteiger partial charge in [-0.25, -0.2) is 4.98 Å². The van der Waals surface area contributed by atoms with Crippen LogP contribution < -0.4 is 11.1 Å². The first-order valence-electron chi connectivity index (χ1n) is 8.78. The van der Waals surface area contributed by atoms with E-state index in [0.29, 0.717) is 17.2 Å². The van der Waals surface area contributed by atoms with Gasteiger partial charge in [0.1, 0.15) is 5.52 Å². The number of hydrogen-bond acceptors (Lipinski definition) is 4. The first kappa shape index (κ1) is 20.9. The second-order valence-electron chi connectivity index (χ2n) is 7.67. The van der Waals surface area contributed by atoms with E-state index in [4.69, 9.17) is 10.2 Å². The molecular formula is C21H26ClN3O2. The van der Waals surface area contributed by atoms with Gasteiger partial charge < -0.3 is 15.5 Å². The number of carbonyl (C=O) groups is 1. The minimum absolute atomic E-state index is 0. The van der Waals surface area contributed by atoms with Crippen LogP contribution >= 0.6 is 12.4 Å². The molecule has 0 aliphatic carbocycles. The summed E-state index contributed by atoms with van der Waals surface area (Å²) in [6.07, 6.45) is 0. The van der Waals surface area contributed by atoms with Gasteiger partial charge in [0.15, 0.2) is 5.58 Å². The number of rotatable bonds is 4. The van der Waals surface area contributed by atoms with Gasteiger partial charge in [0.25, 0.3) is 0 Å². The van der Waals surface area contributed by atoms with Crippen molar-refractivity contribution in [1.29, 1.82) is 0 Å². The summed E-state index contributed by atoms with van der Waals surface area (Å²) in [6, 6.07) is 14.8. The van der Waals surface area contributed by atoms with Crippen LogP contribution in [0.2, 0.25) is 0 Å². The number of anilines is 1. The third kappa shape index (κ3) is 4.67. The molecule has 0 saturated heterocycles. The lowest BCUT2D eigenvalue weighted by Crippen LogP contribution is -2.30. The molecule has 3 N–H and O–H groups in total. The van der Waals surface area contributed by atoms with Crippen LogP contribution in [0.1, 0.15) is 45.2 Å². The Morgan fingerprint density at radius 1 is 1.15 bits per heavy atom. The molecule has 3 rings (SSSR count). The van der Waals surface area contributed by atoms with E-state index in [1.54, 1.807) is 0 Å². The Bertz CT molecular complexity index is 916. The molecule has 5 nitrogen and oxygen atoms in total. The van der Waals surface area contributed by atoms with Gasteiger partial charge in [-0.05, 0) is 23.8 Å². The summed E-state index contributed by atoms with van der Waals surface area (Å²) in [5, 5.41) is 2.93. The maximum Gasteiger partial charge on any atom is 0.229 e. The molecule has 0 fully saturated rings. The van der Waals surface area contributed by atoms with E-state index in [9.17, 15) is 4.79 Å². The normalized spacial score (nSPS) is 13.7. The third-order valence-corrected chi connectivity index (χ3v) is 4.43. The highest BCUT2D eigenvalue weighted by molar-refractivity contribution is 5.94. The number of fused-ring (bicyclic) bond motifs is 1. The average molecular weight is 388 g/mol. The zero-order chi connectivity index (χ0) is 18.9. The second-order valence-corrected chi connectivity index (χ2v) is 7.67. The van der Waals surface area contributed by atoms with Crippen LogP contribution in [0, 0.1) is 5.92 Å². The van der Waals surface area contributed by atoms with Gasteiger partial charge in [-0.15, -0.1) is 12.4 Å². The lowest BCUT2D eigenvalue weighted by Gasteiger charge is -2.19. The van der Waals surface area contributed by atoms with Crippen molar-refractivity contribution in [1.82, 2.24) is 4.98 Å². The summed E-state index contributed by atoms with van der Waals surface area (Å²) in [6.45, 7) is 7.98.